The van der Waals surface area contributed by atoms with Gasteiger partial charge in [-0.25, -0.2) is 0 Å². The SMILES string of the molecule is CCCC[C@H](NC(C)=O)C(=O)N[C@H]1CC(=O)NCCCC[C@@H](C(N)=O)NC(=O)[C@H](Cc2c[nH]c3ccccc23)NC(=O)[C@H](CCCNC(=N)N)NC(=O)[C@@H](Cc2ccc(Cl)cc2)NC(=O)[C@H](Cc2ccc(N)cc2)NC1=O. The summed E-state index contributed by atoms with van der Waals surface area (Å²) < 4.78 is 0. The molecule has 5 rings (SSSR count). The molecular formula is C53H71ClN14O9. The maximum absolute atomic E-state index is 14.8. The molecule has 1 aliphatic heterocycles. The summed E-state index contributed by atoms with van der Waals surface area (Å²) in [6.07, 6.45) is 2.76. The number of H-pyrrole nitrogens is 1. The highest BCUT2D eigenvalue weighted by atomic mass is 35.5. The van der Waals surface area contributed by atoms with E-state index in [2.05, 4.69) is 52.8 Å². The van der Waals surface area contributed by atoms with Crippen LogP contribution in [-0.4, -0.2) is 119 Å². The number of amides is 9. The van der Waals surface area contributed by atoms with Crippen molar-refractivity contribution in [3.05, 3.63) is 101 Å². The average molecular weight is 1080 g/mol. The first-order valence-electron chi connectivity index (χ1n) is 25.7. The average Bonchev–Trinajstić information content (AvgIpc) is 3.80. The van der Waals surface area contributed by atoms with E-state index in [1.165, 1.54) is 6.92 Å². The molecule has 0 saturated carbocycles. The second-order valence-corrected chi connectivity index (χ2v) is 19.5. The lowest BCUT2D eigenvalue weighted by Crippen LogP contribution is -2.61. The van der Waals surface area contributed by atoms with Crippen molar-refractivity contribution in [2.45, 2.75) is 133 Å². The number of hydrogen-bond donors (Lipinski definition) is 14. The van der Waals surface area contributed by atoms with Crippen LogP contribution in [0.1, 0.15) is 88.3 Å². The predicted molar refractivity (Wildman–Crippen MR) is 290 cm³/mol. The van der Waals surface area contributed by atoms with Crippen LogP contribution in [-0.2, 0) is 62.4 Å². The van der Waals surface area contributed by atoms with Gasteiger partial charge < -0.3 is 70.0 Å². The number of benzene rings is 3. The molecule has 1 fully saturated rings. The van der Waals surface area contributed by atoms with Gasteiger partial charge in [0, 0.05) is 67.1 Å². The molecule has 0 bridgehead atoms. The van der Waals surface area contributed by atoms with Crippen molar-refractivity contribution in [2.24, 2.45) is 11.5 Å². The number of nitrogens with two attached hydrogens (primary N) is 3. The molecule has 77 heavy (non-hydrogen) atoms. The maximum Gasteiger partial charge on any atom is 0.243 e. The smallest absolute Gasteiger partial charge is 0.243 e. The molecule has 1 aromatic heterocycles. The van der Waals surface area contributed by atoms with E-state index in [-0.39, 0.29) is 76.8 Å². The minimum atomic E-state index is -1.60. The Balaban J connectivity index is 1.58. The van der Waals surface area contributed by atoms with Gasteiger partial charge >= 0.3 is 0 Å². The molecule has 1 saturated heterocycles. The van der Waals surface area contributed by atoms with Gasteiger partial charge in [-0.05, 0) is 85.5 Å². The second-order valence-electron chi connectivity index (χ2n) is 19.0. The number of anilines is 1. The van der Waals surface area contributed by atoms with E-state index in [4.69, 9.17) is 34.2 Å². The van der Waals surface area contributed by atoms with Crippen molar-refractivity contribution >= 4 is 87.3 Å². The molecule has 0 radical (unpaired) electrons. The van der Waals surface area contributed by atoms with Gasteiger partial charge in [-0.3, -0.25) is 48.6 Å². The molecule has 9 amide bonds. The van der Waals surface area contributed by atoms with Gasteiger partial charge in [-0.15, -0.1) is 0 Å². The van der Waals surface area contributed by atoms with Crippen molar-refractivity contribution < 1.29 is 43.2 Å². The highest BCUT2D eigenvalue weighted by Crippen LogP contribution is 2.20. The van der Waals surface area contributed by atoms with Crippen LogP contribution < -0.4 is 65.1 Å². The number of fused-ring (bicyclic) bond motifs is 1. The molecule has 414 valence electrons. The lowest BCUT2D eigenvalue weighted by molar-refractivity contribution is -0.136. The Kier molecular flexibility index (Phi) is 23.1. The lowest BCUT2D eigenvalue weighted by atomic mass is 10.0. The van der Waals surface area contributed by atoms with Crippen molar-refractivity contribution in [1.82, 2.24) is 52.8 Å². The minimum Gasteiger partial charge on any atom is -0.399 e. The molecule has 3 aromatic carbocycles. The Labute approximate surface area is 451 Å². The molecule has 23 nitrogen and oxygen atoms in total. The van der Waals surface area contributed by atoms with Crippen LogP contribution >= 0.6 is 11.6 Å². The van der Waals surface area contributed by atoms with Gasteiger partial charge in [0.2, 0.25) is 53.2 Å². The Hall–Kier alpha value is -8.21. The number of nitrogens with one attached hydrogen (secondary N) is 11. The van der Waals surface area contributed by atoms with Crippen LogP contribution in [0.25, 0.3) is 10.9 Å². The minimum absolute atomic E-state index is 0.0291. The number of aromatic amines is 1. The zero-order chi connectivity index (χ0) is 56.0. The number of halogens is 1. The van der Waals surface area contributed by atoms with E-state index in [1.807, 2.05) is 31.2 Å². The van der Waals surface area contributed by atoms with Crippen LogP contribution in [0.5, 0.6) is 0 Å². The van der Waals surface area contributed by atoms with Crippen LogP contribution in [0, 0.1) is 5.41 Å². The van der Waals surface area contributed by atoms with Gasteiger partial charge in [0.25, 0.3) is 0 Å². The fourth-order valence-corrected chi connectivity index (χ4v) is 8.83. The number of hydrogen-bond acceptors (Lipinski definition) is 11. The Morgan fingerprint density at radius 2 is 1.32 bits per heavy atom. The summed E-state index contributed by atoms with van der Waals surface area (Å²) in [6.45, 7) is 3.28. The summed E-state index contributed by atoms with van der Waals surface area (Å²) in [4.78, 5) is 129. The van der Waals surface area contributed by atoms with E-state index >= 15 is 0 Å². The number of primary amides is 1. The van der Waals surface area contributed by atoms with E-state index in [9.17, 15) is 43.2 Å². The van der Waals surface area contributed by atoms with Crippen LogP contribution in [0.2, 0.25) is 5.02 Å². The summed E-state index contributed by atoms with van der Waals surface area (Å²) >= 11 is 6.22. The van der Waals surface area contributed by atoms with E-state index in [0.717, 1.165) is 10.9 Å². The zero-order valence-electron chi connectivity index (χ0n) is 43.2. The number of rotatable bonds is 17. The lowest BCUT2D eigenvalue weighted by Gasteiger charge is -2.28. The Bertz CT molecular complexity index is 2720. The first kappa shape index (κ1) is 59.7. The van der Waals surface area contributed by atoms with Gasteiger partial charge in [-0.2, -0.15) is 0 Å². The second kappa shape index (κ2) is 29.8. The first-order valence-corrected chi connectivity index (χ1v) is 26.0. The van der Waals surface area contributed by atoms with Gasteiger partial charge in [-0.1, -0.05) is 73.8 Å². The molecule has 2 heterocycles. The Morgan fingerprint density at radius 1 is 0.740 bits per heavy atom. The highest BCUT2D eigenvalue weighted by Gasteiger charge is 2.35. The Morgan fingerprint density at radius 3 is 1.95 bits per heavy atom. The molecule has 4 aromatic rings. The van der Waals surface area contributed by atoms with Crippen molar-refractivity contribution in [3.8, 4) is 0 Å². The van der Waals surface area contributed by atoms with E-state index in [1.54, 1.807) is 54.7 Å². The summed E-state index contributed by atoms with van der Waals surface area (Å²) in [5, 5.41) is 33.1. The molecule has 0 spiro atoms. The zero-order valence-corrected chi connectivity index (χ0v) is 44.0. The molecule has 1 aliphatic rings. The fraction of sp³-hybridized carbons (Fsp3) is 0.434. The topological polar surface area (TPSA) is 380 Å². The van der Waals surface area contributed by atoms with Crippen molar-refractivity contribution in [1.29, 1.82) is 5.41 Å². The normalized spacial score (nSPS) is 20.9. The molecule has 0 aliphatic carbocycles. The van der Waals surface area contributed by atoms with E-state index < -0.39 is 102 Å². The molecule has 24 heteroatoms. The fourth-order valence-electron chi connectivity index (χ4n) is 8.70. The predicted octanol–water partition coefficient (Wildman–Crippen LogP) is 0.474. The number of unbranched alkanes of at least 4 members (excludes halogenated alkanes) is 1. The summed E-state index contributed by atoms with van der Waals surface area (Å²) in [7, 11) is 0. The summed E-state index contributed by atoms with van der Waals surface area (Å²) in [6, 6.07) is 10.7. The number of para-hydroxylation sites is 1. The molecule has 0 unspecified atom stereocenters. The van der Waals surface area contributed by atoms with Crippen molar-refractivity contribution in [3.63, 3.8) is 0 Å². The largest absolute Gasteiger partial charge is 0.399 e. The number of carbonyl (C=O) groups is 9. The third kappa shape index (κ3) is 19.5. The number of guanidine groups is 1. The number of carbonyl (C=O) groups excluding carboxylic acids is 9. The van der Waals surface area contributed by atoms with Gasteiger partial charge in [0.05, 0.1) is 6.42 Å². The third-order valence-electron chi connectivity index (χ3n) is 12.9. The standard InChI is InChI=1S/C53H71ClN14O9/c1-3-4-11-39(62-30(2)69)47(72)68-44-28-45(70)59-23-8-7-13-38(46(56)71)63-51(76)43(27-33-29-61-37-12-6-5-10-36(33)37)67-48(73)40(14-9-24-60-53(57)58)64-49(74)41(25-31-15-19-34(54)20-16-31)65-50(75)42(66-52(44)77)26-32-17-21-35(55)22-18-32/h5-6,10,12,15-22,29,38-44,61H,3-4,7-9,11,13-14,23-28,55H2,1-2H3,(H2,56,71)(H,59,70)(H,62,69)(H,63,76)(H,64,74)(H,65,75)(H,66,77)(H,67,73)(H,68,72)(H4,57,58,60)/t38-,39-,40-,41+,42-,43-,44-/m0/s1. The summed E-state index contributed by atoms with van der Waals surface area (Å²) in [5.74, 6) is -7.36. The first-order chi connectivity index (χ1) is 36.8. The van der Waals surface area contributed by atoms with Crippen LogP contribution in [0.3, 0.4) is 0 Å². The van der Waals surface area contributed by atoms with Gasteiger partial charge in [0.15, 0.2) is 5.96 Å². The number of aromatic nitrogens is 1. The van der Waals surface area contributed by atoms with Crippen molar-refractivity contribution in [2.75, 3.05) is 18.8 Å². The maximum atomic E-state index is 14.8. The molecule has 7 atom stereocenters. The molecular weight excluding hydrogens is 1010 g/mol. The quantitative estimate of drug-likeness (QED) is 0.0297. The monoisotopic (exact) mass is 1080 g/mol. The highest BCUT2D eigenvalue weighted by molar-refractivity contribution is 6.30. The summed E-state index contributed by atoms with van der Waals surface area (Å²) in [5.41, 5.74) is 20.2. The van der Waals surface area contributed by atoms with Gasteiger partial charge in [0.1, 0.15) is 42.3 Å². The van der Waals surface area contributed by atoms with Crippen LogP contribution in [0.15, 0.2) is 79.0 Å². The van der Waals surface area contributed by atoms with Crippen LogP contribution in [0.4, 0.5) is 5.69 Å². The number of nitrogen functional groups attached to an aromatic ring is 1. The van der Waals surface area contributed by atoms with E-state index in [0.29, 0.717) is 40.2 Å². The third-order valence-corrected chi connectivity index (χ3v) is 13.1. The molecule has 17 N–H and O–H groups in total.